The second-order valence-corrected chi connectivity index (χ2v) is 2.79. The van der Waals surface area contributed by atoms with Gasteiger partial charge in [0.2, 0.25) is 5.76 Å². The molecule has 1 heterocycles. The molecule has 1 aromatic heterocycles. The van der Waals surface area contributed by atoms with Crippen molar-refractivity contribution in [2.24, 2.45) is 0 Å². The van der Waals surface area contributed by atoms with Gasteiger partial charge in [-0.3, -0.25) is 0 Å². The second kappa shape index (κ2) is 3.04. The van der Waals surface area contributed by atoms with Gasteiger partial charge >= 0.3 is 12.1 Å². The van der Waals surface area contributed by atoms with Crippen LogP contribution < -0.4 is 0 Å². The first-order valence-electron chi connectivity index (χ1n) is 3.65. The third-order valence-electron chi connectivity index (χ3n) is 1.86. The van der Waals surface area contributed by atoms with E-state index in [9.17, 15) is 18.0 Å². The van der Waals surface area contributed by atoms with Crippen LogP contribution in [-0.2, 0) is 6.18 Å². The lowest BCUT2D eigenvalue weighted by atomic mass is 10.1. The molecule has 0 bridgehead atoms. The maximum Gasteiger partial charge on any atom is 0.450 e. The van der Waals surface area contributed by atoms with Crippen molar-refractivity contribution in [2.75, 3.05) is 0 Å². The molecule has 0 amide bonds. The summed E-state index contributed by atoms with van der Waals surface area (Å²) in [6, 6.07) is 0. The van der Waals surface area contributed by atoms with E-state index in [0.717, 1.165) is 0 Å². The standard InChI is InChI=1S/C8H7F3O3/c1-3-4(2)14-6(8(9,10)11)5(3)7(12)13/h1-2H3,(H,12,13). The largest absolute Gasteiger partial charge is 0.478 e. The molecule has 0 radical (unpaired) electrons. The molecular weight excluding hydrogens is 201 g/mol. The van der Waals surface area contributed by atoms with Crippen LogP contribution >= 0.6 is 0 Å². The summed E-state index contributed by atoms with van der Waals surface area (Å²) in [6.45, 7) is 2.56. The maximum absolute atomic E-state index is 12.2. The zero-order chi connectivity index (χ0) is 11.1. The number of furan rings is 1. The Morgan fingerprint density at radius 3 is 2.14 bits per heavy atom. The number of halogens is 3. The van der Waals surface area contributed by atoms with Crippen LogP contribution in [0.1, 0.15) is 27.4 Å². The van der Waals surface area contributed by atoms with Gasteiger partial charge in [0.05, 0.1) is 0 Å². The molecule has 0 aromatic carbocycles. The minimum atomic E-state index is -4.77. The quantitative estimate of drug-likeness (QED) is 0.771. The molecule has 0 spiro atoms. The second-order valence-electron chi connectivity index (χ2n) is 2.79. The van der Waals surface area contributed by atoms with Crippen molar-refractivity contribution in [3.05, 3.63) is 22.6 Å². The minimum Gasteiger partial charge on any atom is -0.478 e. The average Bonchev–Trinajstić information content (AvgIpc) is 2.27. The van der Waals surface area contributed by atoms with Gasteiger partial charge in [0.15, 0.2) is 0 Å². The summed E-state index contributed by atoms with van der Waals surface area (Å²) in [5.41, 5.74) is -0.806. The van der Waals surface area contributed by atoms with Crippen LogP contribution in [0.4, 0.5) is 13.2 Å². The summed E-state index contributed by atoms with van der Waals surface area (Å²) in [4.78, 5) is 10.5. The maximum atomic E-state index is 12.2. The molecule has 1 aromatic rings. The Hall–Kier alpha value is -1.46. The van der Waals surface area contributed by atoms with Gasteiger partial charge in [0, 0.05) is 5.56 Å². The number of aryl methyl sites for hydroxylation is 1. The van der Waals surface area contributed by atoms with E-state index < -0.39 is 23.5 Å². The Morgan fingerprint density at radius 2 is 1.86 bits per heavy atom. The predicted octanol–water partition coefficient (Wildman–Crippen LogP) is 2.61. The number of aromatic carboxylic acids is 1. The fourth-order valence-electron chi connectivity index (χ4n) is 1.08. The van der Waals surface area contributed by atoms with Gasteiger partial charge in [-0.1, -0.05) is 0 Å². The van der Waals surface area contributed by atoms with Gasteiger partial charge in [0.25, 0.3) is 0 Å². The van der Waals surface area contributed by atoms with Crippen molar-refractivity contribution in [3.8, 4) is 0 Å². The van der Waals surface area contributed by atoms with Crippen LogP contribution in [-0.4, -0.2) is 11.1 Å². The van der Waals surface area contributed by atoms with Crippen LogP contribution in [0, 0.1) is 13.8 Å². The van der Waals surface area contributed by atoms with E-state index >= 15 is 0 Å². The third kappa shape index (κ3) is 1.59. The SMILES string of the molecule is Cc1oc(C(F)(F)F)c(C(=O)O)c1C. The Bertz CT molecular complexity index is 376. The summed E-state index contributed by atoms with van der Waals surface area (Å²) in [7, 11) is 0. The molecule has 0 unspecified atom stereocenters. The monoisotopic (exact) mass is 208 g/mol. The van der Waals surface area contributed by atoms with Crippen molar-refractivity contribution >= 4 is 5.97 Å². The van der Waals surface area contributed by atoms with E-state index in [1.165, 1.54) is 13.8 Å². The molecule has 0 aliphatic heterocycles. The van der Waals surface area contributed by atoms with Gasteiger partial charge in [-0.05, 0) is 13.8 Å². The number of carboxylic acids is 1. The predicted molar refractivity (Wildman–Crippen MR) is 40.1 cm³/mol. The van der Waals surface area contributed by atoms with Crippen molar-refractivity contribution < 1.29 is 27.5 Å². The lowest BCUT2D eigenvalue weighted by Crippen LogP contribution is -2.10. The number of carboxylic acid groups (broad SMARTS) is 1. The summed E-state index contributed by atoms with van der Waals surface area (Å²) in [5.74, 6) is -3.11. The number of hydrogen-bond acceptors (Lipinski definition) is 2. The van der Waals surface area contributed by atoms with Crippen molar-refractivity contribution in [3.63, 3.8) is 0 Å². The zero-order valence-corrected chi connectivity index (χ0v) is 7.40. The zero-order valence-electron chi connectivity index (χ0n) is 7.40. The van der Waals surface area contributed by atoms with Gasteiger partial charge in [-0.15, -0.1) is 0 Å². The van der Waals surface area contributed by atoms with Crippen LogP contribution in [0.2, 0.25) is 0 Å². The first kappa shape index (κ1) is 10.6. The van der Waals surface area contributed by atoms with E-state index in [1.807, 2.05) is 0 Å². The Kier molecular flexibility index (Phi) is 2.31. The fourth-order valence-corrected chi connectivity index (χ4v) is 1.08. The van der Waals surface area contributed by atoms with E-state index in [4.69, 9.17) is 5.11 Å². The highest BCUT2D eigenvalue weighted by molar-refractivity contribution is 5.91. The summed E-state index contributed by atoms with van der Waals surface area (Å²) < 4.78 is 41.1. The molecule has 1 rings (SSSR count). The number of rotatable bonds is 1. The first-order chi connectivity index (χ1) is 6.25. The Labute approximate surface area is 77.1 Å². The highest BCUT2D eigenvalue weighted by Gasteiger charge is 2.41. The average molecular weight is 208 g/mol. The van der Waals surface area contributed by atoms with Crippen molar-refractivity contribution in [1.82, 2.24) is 0 Å². The molecular formula is C8H7F3O3. The topological polar surface area (TPSA) is 50.4 Å². The van der Waals surface area contributed by atoms with E-state index in [0.29, 0.717) is 0 Å². The fraction of sp³-hybridized carbons (Fsp3) is 0.375. The number of alkyl halides is 3. The molecule has 6 heteroatoms. The van der Waals surface area contributed by atoms with Gasteiger partial charge in [0.1, 0.15) is 11.3 Å². The smallest absolute Gasteiger partial charge is 0.450 e. The molecule has 78 valence electrons. The van der Waals surface area contributed by atoms with Gasteiger partial charge in [-0.25, -0.2) is 4.79 Å². The van der Waals surface area contributed by atoms with E-state index in [-0.39, 0.29) is 11.3 Å². The van der Waals surface area contributed by atoms with Crippen LogP contribution in [0.5, 0.6) is 0 Å². The molecule has 0 fully saturated rings. The van der Waals surface area contributed by atoms with Crippen LogP contribution in [0.15, 0.2) is 4.42 Å². The Balaban J connectivity index is 3.45. The van der Waals surface area contributed by atoms with E-state index in [1.54, 1.807) is 0 Å². The highest BCUT2D eigenvalue weighted by atomic mass is 19.4. The first-order valence-corrected chi connectivity index (χ1v) is 3.65. The number of carbonyl (C=O) groups is 1. The van der Waals surface area contributed by atoms with Gasteiger partial charge in [-0.2, -0.15) is 13.2 Å². The summed E-state index contributed by atoms with van der Waals surface area (Å²) in [5, 5.41) is 8.56. The Morgan fingerprint density at radius 1 is 1.36 bits per heavy atom. The van der Waals surface area contributed by atoms with E-state index in [2.05, 4.69) is 4.42 Å². The molecule has 0 saturated carbocycles. The molecule has 14 heavy (non-hydrogen) atoms. The van der Waals surface area contributed by atoms with Crippen molar-refractivity contribution in [1.29, 1.82) is 0 Å². The molecule has 0 atom stereocenters. The molecule has 0 aliphatic carbocycles. The summed E-state index contributed by atoms with van der Waals surface area (Å²) >= 11 is 0. The highest BCUT2D eigenvalue weighted by Crippen LogP contribution is 2.36. The summed E-state index contributed by atoms with van der Waals surface area (Å²) in [6.07, 6.45) is -4.77. The van der Waals surface area contributed by atoms with Gasteiger partial charge < -0.3 is 9.52 Å². The lowest BCUT2D eigenvalue weighted by Gasteiger charge is -2.02. The van der Waals surface area contributed by atoms with Crippen molar-refractivity contribution in [2.45, 2.75) is 20.0 Å². The molecule has 1 N–H and O–H groups in total. The molecule has 0 aliphatic rings. The third-order valence-corrected chi connectivity index (χ3v) is 1.86. The minimum absolute atomic E-state index is 0.00447. The number of hydrogen-bond donors (Lipinski definition) is 1. The van der Waals surface area contributed by atoms with Crippen LogP contribution in [0.3, 0.4) is 0 Å². The lowest BCUT2D eigenvalue weighted by molar-refractivity contribution is -0.153. The molecule has 3 nitrogen and oxygen atoms in total. The van der Waals surface area contributed by atoms with Crippen LogP contribution in [0.25, 0.3) is 0 Å². The molecule has 0 saturated heterocycles. The normalized spacial score (nSPS) is 11.8.